The van der Waals surface area contributed by atoms with Gasteiger partial charge in [-0.3, -0.25) is 0 Å². The predicted molar refractivity (Wildman–Crippen MR) is 73.5 cm³/mol. The van der Waals surface area contributed by atoms with Crippen molar-refractivity contribution in [3.8, 4) is 0 Å². The van der Waals surface area contributed by atoms with Crippen molar-refractivity contribution < 1.29 is 13.2 Å². The van der Waals surface area contributed by atoms with Gasteiger partial charge >= 0.3 is 6.18 Å². The maximum atomic E-state index is 12.7. The van der Waals surface area contributed by atoms with Crippen LogP contribution in [0.25, 0.3) is 6.08 Å². The van der Waals surface area contributed by atoms with Gasteiger partial charge in [-0.1, -0.05) is 60.7 Å². The first-order chi connectivity index (χ1) is 9.54. The second-order valence-corrected chi connectivity index (χ2v) is 4.96. The van der Waals surface area contributed by atoms with Gasteiger partial charge in [-0.2, -0.15) is 13.2 Å². The Labute approximate surface area is 115 Å². The lowest BCUT2D eigenvalue weighted by atomic mass is 9.88. The fraction of sp³-hybridized carbons (Fsp3) is 0.176. The van der Waals surface area contributed by atoms with Gasteiger partial charge in [-0.05, 0) is 22.3 Å². The van der Waals surface area contributed by atoms with Crippen LogP contribution in [-0.4, -0.2) is 6.18 Å². The SMILES string of the molecule is FC(F)(F)Cc1ccccc1C1C=Cc2ccccc21. The normalized spacial score (nSPS) is 17.2. The van der Waals surface area contributed by atoms with Crippen molar-refractivity contribution in [3.05, 3.63) is 76.9 Å². The van der Waals surface area contributed by atoms with E-state index in [9.17, 15) is 13.2 Å². The van der Waals surface area contributed by atoms with Crippen molar-refractivity contribution in [2.24, 2.45) is 0 Å². The standard InChI is InChI=1S/C17H13F3/c18-17(19,20)11-13-6-2-4-8-15(13)16-10-9-12-5-1-3-7-14(12)16/h1-10,16H,11H2. The number of benzene rings is 2. The molecule has 1 aliphatic carbocycles. The summed E-state index contributed by atoms with van der Waals surface area (Å²) < 4.78 is 38.1. The zero-order chi connectivity index (χ0) is 14.2. The van der Waals surface area contributed by atoms with Crippen molar-refractivity contribution in [3.63, 3.8) is 0 Å². The molecule has 3 heteroatoms. The minimum atomic E-state index is -4.18. The maximum Gasteiger partial charge on any atom is 0.393 e. The summed E-state index contributed by atoms with van der Waals surface area (Å²) in [4.78, 5) is 0. The van der Waals surface area contributed by atoms with Crippen LogP contribution in [0.5, 0.6) is 0 Å². The molecule has 0 amide bonds. The quantitative estimate of drug-likeness (QED) is 0.726. The lowest BCUT2D eigenvalue weighted by molar-refractivity contribution is -0.127. The Morgan fingerprint density at radius 1 is 0.850 bits per heavy atom. The van der Waals surface area contributed by atoms with Crippen LogP contribution in [-0.2, 0) is 6.42 Å². The number of fused-ring (bicyclic) bond motifs is 1. The zero-order valence-corrected chi connectivity index (χ0v) is 10.7. The molecule has 3 rings (SSSR count). The fourth-order valence-corrected chi connectivity index (χ4v) is 2.74. The Balaban J connectivity index is 2.02. The molecule has 0 saturated carbocycles. The topological polar surface area (TPSA) is 0 Å². The van der Waals surface area contributed by atoms with Crippen LogP contribution >= 0.6 is 0 Å². The number of hydrogen-bond donors (Lipinski definition) is 0. The molecule has 1 atom stereocenters. The first kappa shape index (κ1) is 13.0. The molecule has 0 saturated heterocycles. The highest BCUT2D eigenvalue weighted by Gasteiger charge is 2.30. The molecule has 0 nitrogen and oxygen atoms in total. The van der Waals surface area contributed by atoms with E-state index in [0.717, 1.165) is 16.7 Å². The third-order valence-corrected chi connectivity index (χ3v) is 3.58. The molecule has 0 heterocycles. The number of hydrogen-bond acceptors (Lipinski definition) is 0. The molecule has 1 unspecified atom stereocenters. The van der Waals surface area contributed by atoms with Crippen LogP contribution in [0.4, 0.5) is 13.2 Å². The van der Waals surface area contributed by atoms with Crippen molar-refractivity contribution in [1.82, 2.24) is 0 Å². The fourth-order valence-electron chi connectivity index (χ4n) is 2.74. The highest BCUT2D eigenvalue weighted by molar-refractivity contribution is 5.65. The summed E-state index contributed by atoms with van der Waals surface area (Å²) in [6.45, 7) is 0. The molecule has 1 aliphatic rings. The number of halogens is 3. The third kappa shape index (κ3) is 2.48. The lowest BCUT2D eigenvalue weighted by Crippen LogP contribution is -2.14. The Bertz CT molecular complexity index is 653. The largest absolute Gasteiger partial charge is 0.393 e. The summed E-state index contributed by atoms with van der Waals surface area (Å²) in [6.07, 6.45) is -1.11. The molecule has 0 bridgehead atoms. The second-order valence-electron chi connectivity index (χ2n) is 4.96. The van der Waals surface area contributed by atoms with Gasteiger partial charge < -0.3 is 0 Å². The molecular formula is C17H13F3. The van der Waals surface area contributed by atoms with E-state index < -0.39 is 12.6 Å². The van der Waals surface area contributed by atoms with Crippen LogP contribution in [0.3, 0.4) is 0 Å². The maximum absolute atomic E-state index is 12.7. The zero-order valence-electron chi connectivity index (χ0n) is 10.7. The van der Waals surface area contributed by atoms with Crippen molar-refractivity contribution >= 4 is 6.08 Å². The number of rotatable bonds is 2. The van der Waals surface area contributed by atoms with E-state index in [1.54, 1.807) is 24.3 Å². The van der Waals surface area contributed by atoms with Gasteiger partial charge in [0.1, 0.15) is 0 Å². The molecule has 2 aromatic carbocycles. The lowest BCUT2D eigenvalue weighted by Gasteiger charge is -2.17. The molecule has 0 N–H and O–H groups in total. The van der Waals surface area contributed by atoms with Crippen molar-refractivity contribution in [2.75, 3.05) is 0 Å². The molecule has 0 aromatic heterocycles. The Morgan fingerprint density at radius 3 is 2.25 bits per heavy atom. The van der Waals surface area contributed by atoms with E-state index in [1.165, 1.54) is 0 Å². The van der Waals surface area contributed by atoms with Gasteiger partial charge in [0.25, 0.3) is 0 Å². The molecular weight excluding hydrogens is 261 g/mol. The van der Waals surface area contributed by atoms with E-state index in [4.69, 9.17) is 0 Å². The van der Waals surface area contributed by atoms with E-state index in [0.29, 0.717) is 5.56 Å². The van der Waals surface area contributed by atoms with Crippen molar-refractivity contribution in [2.45, 2.75) is 18.5 Å². The van der Waals surface area contributed by atoms with Crippen molar-refractivity contribution in [1.29, 1.82) is 0 Å². The second kappa shape index (κ2) is 4.82. The minimum absolute atomic E-state index is 0.0789. The summed E-state index contributed by atoms with van der Waals surface area (Å²) in [5.41, 5.74) is 3.25. The smallest absolute Gasteiger partial charge is 0.171 e. The summed E-state index contributed by atoms with van der Waals surface area (Å²) >= 11 is 0. The minimum Gasteiger partial charge on any atom is -0.171 e. The molecule has 0 fully saturated rings. The average molecular weight is 274 g/mol. The molecule has 0 radical (unpaired) electrons. The summed E-state index contributed by atoms with van der Waals surface area (Å²) in [5, 5.41) is 0. The van der Waals surface area contributed by atoms with Crippen LogP contribution in [0.2, 0.25) is 0 Å². The van der Waals surface area contributed by atoms with E-state index in [1.807, 2.05) is 36.4 Å². The summed E-state index contributed by atoms with van der Waals surface area (Å²) in [7, 11) is 0. The Morgan fingerprint density at radius 2 is 1.50 bits per heavy atom. The molecule has 102 valence electrons. The Hall–Kier alpha value is -2.03. The summed E-state index contributed by atoms with van der Waals surface area (Å²) in [5.74, 6) is -0.0789. The van der Waals surface area contributed by atoms with Gasteiger partial charge in [0.15, 0.2) is 0 Å². The highest BCUT2D eigenvalue weighted by atomic mass is 19.4. The van der Waals surface area contributed by atoms with Gasteiger partial charge in [-0.25, -0.2) is 0 Å². The number of alkyl halides is 3. The first-order valence-electron chi connectivity index (χ1n) is 6.46. The van der Waals surface area contributed by atoms with Gasteiger partial charge in [0.2, 0.25) is 0 Å². The van der Waals surface area contributed by atoms with E-state index >= 15 is 0 Å². The molecule has 20 heavy (non-hydrogen) atoms. The van der Waals surface area contributed by atoms with Crippen LogP contribution in [0.1, 0.15) is 28.2 Å². The third-order valence-electron chi connectivity index (χ3n) is 3.58. The molecule has 2 aromatic rings. The monoisotopic (exact) mass is 274 g/mol. The van der Waals surface area contributed by atoms with Crippen LogP contribution in [0.15, 0.2) is 54.6 Å². The van der Waals surface area contributed by atoms with E-state index in [-0.39, 0.29) is 5.92 Å². The van der Waals surface area contributed by atoms with Crippen LogP contribution in [0, 0.1) is 0 Å². The first-order valence-corrected chi connectivity index (χ1v) is 6.46. The summed E-state index contributed by atoms with van der Waals surface area (Å²) in [6, 6.07) is 14.6. The van der Waals surface area contributed by atoms with Gasteiger partial charge in [0, 0.05) is 5.92 Å². The average Bonchev–Trinajstić information content (AvgIpc) is 2.81. The van der Waals surface area contributed by atoms with Gasteiger partial charge in [-0.15, -0.1) is 0 Å². The Kier molecular flexibility index (Phi) is 3.13. The molecule has 0 spiro atoms. The molecule has 0 aliphatic heterocycles. The van der Waals surface area contributed by atoms with Crippen LogP contribution < -0.4 is 0 Å². The van der Waals surface area contributed by atoms with E-state index in [2.05, 4.69) is 0 Å². The highest BCUT2D eigenvalue weighted by Crippen LogP contribution is 2.37. The number of allylic oxidation sites excluding steroid dienone is 1. The van der Waals surface area contributed by atoms with Gasteiger partial charge in [0.05, 0.1) is 6.42 Å². The predicted octanol–water partition coefficient (Wildman–Crippen LogP) is 4.95.